The lowest BCUT2D eigenvalue weighted by Crippen LogP contribution is -2.49. The van der Waals surface area contributed by atoms with Crippen molar-refractivity contribution in [2.45, 2.75) is 13.3 Å². The smallest absolute Gasteiger partial charge is 0.224 e. The first-order valence-electron chi connectivity index (χ1n) is 7.83. The Morgan fingerprint density at radius 3 is 2.78 bits per heavy atom. The molecule has 2 aromatic heterocycles. The maximum atomic E-state index is 12.2. The Labute approximate surface area is 135 Å². The summed E-state index contributed by atoms with van der Waals surface area (Å²) in [4.78, 5) is 20.7. The van der Waals surface area contributed by atoms with Gasteiger partial charge in [-0.1, -0.05) is 11.2 Å². The van der Waals surface area contributed by atoms with Crippen molar-refractivity contribution in [2.75, 3.05) is 42.9 Å². The van der Waals surface area contributed by atoms with Crippen LogP contribution < -0.4 is 10.2 Å². The number of piperazine rings is 1. The van der Waals surface area contributed by atoms with Gasteiger partial charge in [-0.05, 0) is 19.1 Å². The van der Waals surface area contributed by atoms with E-state index >= 15 is 0 Å². The highest BCUT2D eigenvalue weighted by atomic mass is 16.5. The number of aromatic nitrogens is 2. The third kappa shape index (κ3) is 4.00. The molecular formula is C16H21N5O2. The van der Waals surface area contributed by atoms with Crippen LogP contribution in [0.15, 0.2) is 35.0 Å². The van der Waals surface area contributed by atoms with Gasteiger partial charge in [0.05, 0.1) is 0 Å². The van der Waals surface area contributed by atoms with Crippen LogP contribution in [-0.2, 0) is 4.79 Å². The van der Waals surface area contributed by atoms with Crippen molar-refractivity contribution in [1.82, 2.24) is 15.0 Å². The highest BCUT2D eigenvalue weighted by Crippen LogP contribution is 2.13. The number of nitrogens with zero attached hydrogens (tertiary/aromatic N) is 4. The second-order valence-electron chi connectivity index (χ2n) is 5.56. The third-order valence-corrected chi connectivity index (χ3v) is 3.88. The van der Waals surface area contributed by atoms with Gasteiger partial charge in [-0.15, -0.1) is 0 Å². The van der Waals surface area contributed by atoms with Crippen LogP contribution in [0.4, 0.5) is 11.6 Å². The largest absolute Gasteiger partial charge is 0.367 e. The van der Waals surface area contributed by atoms with E-state index in [2.05, 4.69) is 20.4 Å². The highest BCUT2D eigenvalue weighted by molar-refractivity contribution is 5.77. The molecule has 3 heterocycles. The van der Waals surface area contributed by atoms with Crippen molar-refractivity contribution in [3.63, 3.8) is 0 Å². The van der Waals surface area contributed by atoms with Crippen LogP contribution >= 0.6 is 0 Å². The second-order valence-corrected chi connectivity index (χ2v) is 5.56. The topological polar surface area (TPSA) is 74.5 Å². The molecule has 122 valence electrons. The van der Waals surface area contributed by atoms with E-state index < -0.39 is 0 Å². The second kappa shape index (κ2) is 7.13. The van der Waals surface area contributed by atoms with Crippen molar-refractivity contribution < 1.29 is 9.32 Å². The number of hydrogen-bond donors (Lipinski definition) is 1. The van der Waals surface area contributed by atoms with Gasteiger partial charge in [0.25, 0.3) is 0 Å². The van der Waals surface area contributed by atoms with Gasteiger partial charge in [-0.2, -0.15) is 0 Å². The molecule has 1 aliphatic rings. The number of pyridine rings is 1. The van der Waals surface area contributed by atoms with Crippen LogP contribution in [0.2, 0.25) is 0 Å². The molecule has 0 aromatic carbocycles. The van der Waals surface area contributed by atoms with Gasteiger partial charge >= 0.3 is 0 Å². The minimum atomic E-state index is 0.165. The first-order valence-corrected chi connectivity index (χ1v) is 7.83. The summed E-state index contributed by atoms with van der Waals surface area (Å²) < 4.78 is 4.97. The first kappa shape index (κ1) is 15.3. The molecule has 0 atom stereocenters. The van der Waals surface area contributed by atoms with Gasteiger partial charge in [0.15, 0.2) is 5.82 Å². The number of anilines is 2. The summed E-state index contributed by atoms with van der Waals surface area (Å²) in [5.74, 6) is 2.57. The molecule has 1 aliphatic heterocycles. The van der Waals surface area contributed by atoms with E-state index in [9.17, 15) is 4.79 Å². The first-order chi connectivity index (χ1) is 11.2. The lowest BCUT2D eigenvalue weighted by Gasteiger charge is -2.35. The number of rotatable bonds is 5. The van der Waals surface area contributed by atoms with Crippen molar-refractivity contribution >= 4 is 17.5 Å². The third-order valence-electron chi connectivity index (χ3n) is 3.88. The molecule has 1 N–H and O–H groups in total. The Balaban J connectivity index is 1.41. The molecule has 3 rings (SSSR count). The standard InChI is InChI=1S/C16H21N5O2/c1-13-12-14(19-23-13)17-7-5-16(22)21-10-8-20(9-11-21)15-4-2-3-6-18-15/h2-4,6,12H,5,7-11H2,1H3,(H,17,19). The fraction of sp³-hybridized carbons (Fsp3) is 0.438. The SMILES string of the molecule is Cc1cc(NCCC(=O)N2CCN(c3ccccn3)CC2)no1. The molecule has 0 bridgehead atoms. The Morgan fingerprint density at radius 1 is 1.30 bits per heavy atom. The summed E-state index contributed by atoms with van der Waals surface area (Å²) in [5, 5.41) is 6.94. The molecule has 0 saturated carbocycles. The van der Waals surface area contributed by atoms with Crippen LogP contribution in [0.3, 0.4) is 0 Å². The molecule has 0 aliphatic carbocycles. The number of aryl methyl sites for hydroxylation is 1. The fourth-order valence-electron chi connectivity index (χ4n) is 2.63. The molecule has 1 saturated heterocycles. The monoisotopic (exact) mass is 315 g/mol. The van der Waals surface area contributed by atoms with Gasteiger partial charge < -0.3 is 19.6 Å². The molecule has 7 heteroatoms. The molecule has 0 spiro atoms. The zero-order valence-electron chi connectivity index (χ0n) is 13.2. The molecule has 1 fully saturated rings. The molecule has 2 aromatic rings. The summed E-state index contributed by atoms with van der Waals surface area (Å²) in [6.45, 7) is 5.50. The average Bonchev–Trinajstić information content (AvgIpc) is 3.01. The van der Waals surface area contributed by atoms with Gasteiger partial charge in [-0.25, -0.2) is 4.98 Å². The van der Waals surface area contributed by atoms with Crippen LogP contribution in [0.25, 0.3) is 0 Å². The maximum absolute atomic E-state index is 12.2. The summed E-state index contributed by atoms with van der Waals surface area (Å²) in [6.07, 6.45) is 2.25. The summed E-state index contributed by atoms with van der Waals surface area (Å²) in [7, 11) is 0. The molecule has 7 nitrogen and oxygen atoms in total. The Hall–Kier alpha value is -2.57. The molecule has 1 amide bonds. The van der Waals surface area contributed by atoms with E-state index in [0.29, 0.717) is 18.8 Å². The number of carbonyl (C=O) groups is 1. The Bertz CT molecular complexity index is 635. The predicted molar refractivity (Wildman–Crippen MR) is 87.4 cm³/mol. The lowest BCUT2D eigenvalue weighted by molar-refractivity contribution is -0.131. The number of carbonyl (C=O) groups excluding carboxylic acids is 1. The van der Waals surface area contributed by atoms with E-state index in [1.807, 2.05) is 36.1 Å². The summed E-state index contributed by atoms with van der Waals surface area (Å²) in [6, 6.07) is 7.71. The van der Waals surface area contributed by atoms with E-state index in [4.69, 9.17) is 4.52 Å². The van der Waals surface area contributed by atoms with Crippen molar-refractivity contribution in [3.05, 3.63) is 36.2 Å². The maximum Gasteiger partial charge on any atom is 0.224 e. The number of nitrogens with one attached hydrogen (secondary N) is 1. The Kier molecular flexibility index (Phi) is 4.75. The quantitative estimate of drug-likeness (QED) is 0.902. The van der Waals surface area contributed by atoms with E-state index in [-0.39, 0.29) is 5.91 Å². The van der Waals surface area contributed by atoms with Gasteiger partial charge in [0, 0.05) is 51.4 Å². The predicted octanol–water partition coefficient (Wildman–Crippen LogP) is 1.53. The van der Waals surface area contributed by atoms with Gasteiger partial charge in [-0.3, -0.25) is 4.79 Å². The van der Waals surface area contributed by atoms with Crippen LogP contribution in [0.5, 0.6) is 0 Å². The highest BCUT2D eigenvalue weighted by Gasteiger charge is 2.21. The molecule has 0 unspecified atom stereocenters. The summed E-state index contributed by atoms with van der Waals surface area (Å²) >= 11 is 0. The van der Waals surface area contributed by atoms with Gasteiger partial charge in [0.2, 0.25) is 5.91 Å². The average molecular weight is 315 g/mol. The van der Waals surface area contributed by atoms with Crippen molar-refractivity contribution in [1.29, 1.82) is 0 Å². The minimum Gasteiger partial charge on any atom is -0.367 e. The van der Waals surface area contributed by atoms with Crippen molar-refractivity contribution in [2.24, 2.45) is 0 Å². The zero-order chi connectivity index (χ0) is 16.1. The van der Waals surface area contributed by atoms with Gasteiger partial charge in [0.1, 0.15) is 11.6 Å². The van der Waals surface area contributed by atoms with Crippen molar-refractivity contribution in [3.8, 4) is 0 Å². The van der Waals surface area contributed by atoms with E-state index in [1.165, 1.54) is 0 Å². The normalized spacial score (nSPS) is 14.8. The molecule has 23 heavy (non-hydrogen) atoms. The van der Waals surface area contributed by atoms with Crippen LogP contribution in [0.1, 0.15) is 12.2 Å². The molecular weight excluding hydrogens is 294 g/mol. The van der Waals surface area contributed by atoms with Crippen LogP contribution in [0, 0.1) is 6.92 Å². The number of amides is 1. The lowest BCUT2D eigenvalue weighted by atomic mass is 10.2. The van der Waals surface area contributed by atoms with Crippen LogP contribution in [-0.4, -0.2) is 53.7 Å². The summed E-state index contributed by atoms with van der Waals surface area (Å²) in [5.41, 5.74) is 0. The molecule has 0 radical (unpaired) electrons. The Morgan fingerprint density at radius 2 is 2.13 bits per heavy atom. The minimum absolute atomic E-state index is 0.165. The van der Waals surface area contributed by atoms with E-state index in [1.54, 1.807) is 6.20 Å². The fourth-order valence-corrected chi connectivity index (χ4v) is 2.63. The van der Waals surface area contributed by atoms with E-state index in [0.717, 1.165) is 37.8 Å². The number of hydrogen-bond acceptors (Lipinski definition) is 6. The zero-order valence-corrected chi connectivity index (χ0v) is 13.2.